The van der Waals surface area contributed by atoms with Crippen LogP contribution in [0.1, 0.15) is 38.5 Å². The Balaban J connectivity index is 2.06. The van der Waals surface area contributed by atoms with E-state index >= 15 is 0 Å². The molecule has 19 heavy (non-hydrogen) atoms. The van der Waals surface area contributed by atoms with Crippen LogP contribution in [-0.4, -0.2) is 42.4 Å². The van der Waals surface area contributed by atoms with Gasteiger partial charge in [-0.2, -0.15) is 0 Å². The Hall–Kier alpha value is -0.450. The second-order valence-electron chi connectivity index (χ2n) is 6.74. The smallest absolute Gasteiger partial charge is 0.142 e. The van der Waals surface area contributed by atoms with Crippen LogP contribution in [0.2, 0.25) is 0 Å². The zero-order valence-electron chi connectivity index (χ0n) is 11.6. The molecule has 0 aromatic rings. The second kappa shape index (κ2) is 4.54. The summed E-state index contributed by atoms with van der Waals surface area (Å²) in [6.07, 6.45) is 4.56. The van der Waals surface area contributed by atoms with Gasteiger partial charge in [0.1, 0.15) is 5.78 Å². The first-order valence-corrected chi connectivity index (χ1v) is 7.42. The largest absolute Gasteiger partial charge is 0.396 e. The lowest BCUT2D eigenvalue weighted by Crippen LogP contribution is -2.68. The van der Waals surface area contributed by atoms with E-state index < -0.39 is 11.5 Å². The van der Waals surface area contributed by atoms with Crippen LogP contribution in [0.5, 0.6) is 0 Å². The van der Waals surface area contributed by atoms with Crippen molar-refractivity contribution in [2.75, 3.05) is 20.3 Å². The minimum Gasteiger partial charge on any atom is -0.396 e. The van der Waals surface area contributed by atoms with Gasteiger partial charge in [-0.05, 0) is 38.0 Å². The summed E-state index contributed by atoms with van der Waals surface area (Å²) in [7, 11) is 1.64. The van der Waals surface area contributed by atoms with Crippen LogP contribution in [-0.2, 0) is 9.53 Å². The highest BCUT2D eigenvalue weighted by Crippen LogP contribution is 2.66. The van der Waals surface area contributed by atoms with E-state index in [1.54, 1.807) is 7.11 Å². The summed E-state index contributed by atoms with van der Waals surface area (Å²) in [5.41, 5.74) is -0.839. The fraction of sp³-hybridized carbons (Fsp3) is 0.933. The van der Waals surface area contributed by atoms with Crippen LogP contribution in [0.25, 0.3) is 0 Å². The summed E-state index contributed by atoms with van der Waals surface area (Å²) < 4.78 is 5.38. The minimum absolute atomic E-state index is 0.0326. The Morgan fingerprint density at radius 2 is 2.21 bits per heavy atom. The molecule has 2 N–H and O–H groups in total. The van der Waals surface area contributed by atoms with Crippen LogP contribution in [0.15, 0.2) is 0 Å². The number of rotatable bonds is 3. The summed E-state index contributed by atoms with van der Waals surface area (Å²) in [6, 6.07) is 0. The number of methoxy groups -OCH3 is 1. The molecule has 108 valence electrons. The van der Waals surface area contributed by atoms with Gasteiger partial charge in [-0.25, -0.2) is 0 Å². The van der Waals surface area contributed by atoms with E-state index in [0.29, 0.717) is 13.0 Å². The van der Waals surface area contributed by atoms with Crippen LogP contribution in [0, 0.1) is 22.7 Å². The van der Waals surface area contributed by atoms with Crippen molar-refractivity contribution in [2.45, 2.75) is 44.6 Å². The van der Waals surface area contributed by atoms with E-state index in [9.17, 15) is 15.0 Å². The zero-order valence-corrected chi connectivity index (χ0v) is 11.6. The molecule has 0 radical (unpaired) electrons. The first-order valence-electron chi connectivity index (χ1n) is 7.42. The zero-order chi connectivity index (χ0) is 13.7. The number of fused-ring (bicyclic) bond motifs is 2. The van der Waals surface area contributed by atoms with Gasteiger partial charge in [0.15, 0.2) is 0 Å². The molecule has 0 unspecified atom stereocenters. The molecule has 4 rings (SSSR count). The monoisotopic (exact) mass is 268 g/mol. The van der Waals surface area contributed by atoms with Crippen molar-refractivity contribution in [1.29, 1.82) is 0 Å². The molecule has 4 aliphatic rings. The molecule has 0 aromatic heterocycles. The number of hydrogen-bond acceptors (Lipinski definition) is 4. The summed E-state index contributed by atoms with van der Waals surface area (Å²) in [6.45, 7) is 0.461. The van der Waals surface area contributed by atoms with E-state index in [1.807, 2.05) is 0 Å². The van der Waals surface area contributed by atoms with Crippen LogP contribution in [0.4, 0.5) is 0 Å². The van der Waals surface area contributed by atoms with Crippen LogP contribution < -0.4 is 0 Å². The predicted molar refractivity (Wildman–Crippen MR) is 69.5 cm³/mol. The summed E-state index contributed by atoms with van der Waals surface area (Å²) in [5, 5.41) is 20.4. The third-order valence-corrected chi connectivity index (χ3v) is 6.26. The molecule has 4 fully saturated rings. The van der Waals surface area contributed by atoms with Gasteiger partial charge in [0.2, 0.25) is 0 Å². The average molecular weight is 268 g/mol. The van der Waals surface area contributed by atoms with E-state index in [0.717, 1.165) is 32.1 Å². The number of carbonyl (C=O) groups is 1. The average Bonchev–Trinajstić information content (AvgIpc) is 2.40. The highest BCUT2D eigenvalue weighted by molar-refractivity contribution is 5.87. The number of hydrogen-bond donors (Lipinski definition) is 2. The molecule has 2 bridgehead atoms. The van der Waals surface area contributed by atoms with Gasteiger partial charge in [-0.15, -0.1) is 0 Å². The molecule has 4 nitrogen and oxygen atoms in total. The van der Waals surface area contributed by atoms with Crippen molar-refractivity contribution >= 4 is 5.78 Å². The molecule has 4 heteroatoms. The number of Topliss-reactive ketones (excluding diaryl/α,β-unsaturated/α-hetero) is 1. The Bertz CT molecular complexity index is 378. The second-order valence-corrected chi connectivity index (χ2v) is 6.74. The van der Waals surface area contributed by atoms with Crippen molar-refractivity contribution in [3.8, 4) is 0 Å². The molecule has 0 aliphatic heterocycles. The van der Waals surface area contributed by atoms with E-state index in [-0.39, 0.29) is 29.6 Å². The number of aliphatic hydroxyl groups is 2. The molecule has 0 amide bonds. The SMILES string of the molecule is COC[C@]12C[C@H]3CC[C@]1(CCCC2=O)[C@@H](O)[C@H]3CO. The number of carbonyl (C=O) groups excluding carboxylic acids is 1. The Morgan fingerprint density at radius 1 is 1.42 bits per heavy atom. The number of aliphatic hydroxyl groups excluding tert-OH is 2. The lowest BCUT2D eigenvalue weighted by atomic mass is 9.39. The number of ether oxygens (including phenoxy) is 1. The Morgan fingerprint density at radius 3 is 2.89 bits per heavy atom. The van der Waals surface area contributed by atoms with Crippen molar-refractivity contribution in [3.63, 3.8) is 0 Å². The van der Waals surface area contributed by atoms with E-state index in [1.165, 1.54) is 0 Å². The van der Waals surface area contributed by atoms with Gasteiger partial charge in [0, 0.05) is 31.5 Å². The maximum absolute atomic E-state index is 12.6. The molecule has 0 saturated heterocycles. The molecular formula is C15H24O4. The van der Waals surface area contributed by atoms with Gasteiger partial charge < -0.3 is 14.9 Å². The maximum Gasteiger partial charge on any atom is 0.142 e. The van der Waals surface area contributed by atoms with Crippen molar-refractivity contribution in [3.05, 3.63) is 0 Å². The Kier molecular flexibility index (Phi) is 3.23. The Labute approximate surface area is 114 Å². The number of ketones is 1. The van der Waals surface area contributed by atoms with Gasteiger partial charge in [-0.1, -0.05) is 0 Å². The lowest BCUT2D eigenvalue weighted by molar-refractivity contribution is -0.232. The first kappa shape index (κ1) is 13.5. The first-order chi connectivity index (χ1) is 9.11. The van der Waals surface area contributed by atoms with Crippen molar-refractivity contribution < 1.29 is 19.7 Å². The summed E-state index contributed by atoms with van der Waals surface area (Å²) in [4.78, 5) is 12.6. The minimum atomic E-state index is -0.551. The molecule has 1 spiro atoms. The molecule has 0 heterocycles. The topological polar surface area (TPSA) is 66.8 Å². The van der Waals surface area contributed by atoms with Gasteiger partial charge >= 0.3 is 0 Å². The fourth-order valence-corrected chi connectivity index (χ4v) is 5.38. The molecule has 0 aromatic carbocycles. The molecule has 5 atom stereocenters. The van der Waals surface area contributed by atoms with Crippen LogP contribution >= 0.6 is 0 Å². The van der Waals surface area contributed by atoms with E-state index in [2.05, 4.69) is 0 Å². The van der Waals surface area contributed by atoms with Gasteiger partial charge in [0.25, 0.3) is 0 Å². The van der Waals surface area contributed by atoms with Crippen LogP contribution in [0.3, 0.4) is 0 Å². The third kappa shape index (κ3) is 1.54. The molecule has 4 aliphatic carbocycles. The molecule has 4 saturated carbocycles. The summed E-state index contributed by atoms with van der Waals surface area (Å²) in [5.74, 6) is 0.490. The van der Waals surface area contributed by atoms with E-state index in [4.69, 9.17) is 4.74 Å². The highest BCUT2D eigenvalue weighted by Gasteiger charge is 2.68. The normalized spacial score (nSPS) is 49.2. The highest BCUT2D eigenvalue weighted by atomic mass is 16.5. The standard InChI is InChI=1S/C15H24O4/c1-19-9-15-7-10-4-6-14(15,5-2-3-12(15)17)13(18)11(10)8-16/h10-11,13,16,18H,2-9H2,1H3/t10-,11+,13+,14-,15+/m1/s1. The predicted octanol–water partition coefficient (Wildman–Crippen LogP) is 1.14. The fourth-order valence-electron chi connectivity index (χ4n) is 5.38. The maximum atomic E-state index is 12.6. The van der Waals surface area contributed by atoms with Gasteiger partial charge in [-0.3, -0.25) is 4.79 Å². The van der Waals surface area contributed by atoms with Crippen molar-refractivity contribution in [1.82, 2.24) is 0 Å². The van der Waals surface area contributed by atoms with Crippen molar-refractivity contribution in [2.24, 2.45) is 22.7 Å². The summed E-state index contributed by atoms with van der Waals surface area (Å²) >= 11 is 0. The lowest BCUT2D eigenvalue weighted by Gasteiger charge is -2.65. The van der Waals surface area contributed by atoms with Gasteiger partial charge in [0.05, 0.1) is 18.1 Å². The quantitative estimate of drug-likeness (QED) is 0.805. The third-order valence-electron chi connectivity index (χ3n) is 6.26. The molecular weight excluding hydrogens is 244 g/mol.